The summed E-state index contributed by atoms with van der Waals surface area (Å²) in [5.41, 5.74) is 2.27. The molecule has 3 unspecified atom stereocenters. The van der Waals surface area contributed by atoms with Gasteiger partial charge in [0.05, 0.1) is 13.2 Å². The van der Waals surface area contributed by atoms with Crippen molar-refractivity contribution in [2.45, 2.75) is 33.6 Å². The molecule has 2 rings (SSSR count). The van der Waals surface area contributed by atoms with Crippen molar-refractivity contribution in [1.82, 2.24) is 0 Å². The third-order valence-electron chi connectivity index (χ3n) is 4.43. The SMILES string of the molecule is CC1C=C(CO)C(CO)=CC2CC(C)(C)CC12. The number of hydrogen-bond donors (Lipinski definition) is 2. The molecule has 0 aromatic carbocycles. The normalized spacial score (nSPS) is 35.9. The molecule has 2 nitrogen and oxygen atoms in total. The van der Waals surface area contributed by atoms with Crippen molar-refractivity contribution < 1.29 is 10.2 Å². The van der Waals surface area contributed by atoms with Gasteiger partial charge in [0.2, 0.25) is 0 Å². The quantitative estimate of drug-likeness (QED) is 0.773. The average molecular weight is 236 g/mol. The molecule has 0 amide bonds. The highest BCUT2D eigenvalue weighted by atomic mass is 16.3. The molecule has 0 saturated heterocycles. The van der Waals surface area contributed by atoms with Gasteiger partial charge in [0.25, 0.3) is 0 Å². The highest BCUT2D eigenvalue weighted by Gasteiger charge is 2.41. The minimum absolute atomic E-state index is 0.0412. The molecule has 0 radical (unpaired) electrons. The number of hydrogen-bond acceptors (Lipinski definition) is 2. The van der Waals surface area contributed by atoms with Crippen LogP contribution in [0, 0.1) is 23.2 Å². The maximum atomic E-state index is 9.43. The molecule has 2 aliphatic carbocycles. The van der Waals surface area contributed by atoms with E-state index in [1.165, 1.54) is 12.8 Å². The van der Waals surface area contributed by atoms with Gasteiger partial charge >= 0.3 is 0 Å². The van der Waals surface area contributed by atoms with E-state index in [1.54, 1.807) is 0 Å². The molecule has 2 N–H and O–H groups in total. The Bertz CT molecular complexity index is 352. The van der Waals surface area contributed by atoms with Crippen LogP contribution >= 0.6 is 0 Å². The first-order chi connectivity index (χ1) is 7.96. The molecule has 0 aliphatic heterocycles. The molecular formula is C15H24O2. The highest BCUT2D eigenvalue weighted by molar-refractivity contribution is 5.35. The van der Waals surface area contributed by atoms with Gasteiger partial charge in [-0.05, 0) is 47.2 Å². The Balaban J connectivity index is 2.33. The molecule has 0 heterocycles. The van der Waals surface area contributed by atoms with Crippen LogP contribution < -0.4 is 0 Å². The van der Waals surface area contributed by atoms with Crippen LogP contribution in [0.15, 0.2) is 23.3 Å². The van der Waals surface area contributed by atoms with Crippen LogP contribution in [0.3, 0.4) is 0 Å². The monoisotopic (exact) mass is 236 g/mol. The van der Waals surface area contributed by atoms with Crippen LogP contribution in [0.5, 0.6) is 0 Å². The molecule has 1 saturated carbocycles. The molecule has 96 valence electrons. The summed E-state index contributed by atoms with van der Waals surface area (Å²) in [6.07, 6.45) is 6.81. The van der Waals surface area contributed by atoms with Crippen molar-refractivity contribution in [2.75, 3.05) is 13.2 Å². The Kier molecular flexibility index (Phi) is 3.46. The smallest absolute Gasteiger partial charge is 0.0682 e. The zero-order valence-electron chi connectivity index (χ0n) is 11.1. The molecule has 0 aromatic rings. The van der Waals surface area contributed by atoms with Crippen LogP contribution in [0.25, 0.3) is 0 Å². The van der Waals surface area contributed by atoms with Gasteiger partial charge < -0.3 is 10.2 Å². The summed E-state index contributed by atoms with van der Waals surface area (Å²) < 4.78 is 0. The van der Waals surface area contributed by atoms with E-state index in [0.717, 1.165) is 11.1 Å². The lowest BCUT2D eigenvalue weighted by molar-refractivity contribution is 0.308. The van der Waals surface area contributed by atoms with E-state index in [1.807, 2.05) is 0 Å². The fraction of sp³-hybridized carbons (Fsp3) is 0.733. The van der Waals surface area contributed by atoms with Crippen molar-refractivity contribution in [3.8, 4) is 0 Å². The Morgan fingerprint density at radius 2 is 1.71 bits per heavy atom. The summed E-state index contributed by atoms with van der Waals surface area (Å²) in [6, 6.07) is 0. The van der Waals surface area contributed by atoms with E-state index in [9.17, 15) is 10.2 Å². The summed E-state index contributed by atoms with van der Waals surface area (Å²) in [5.74, 6) is 1.71. The lowest BCUT2D eigenvalue weighted by atomic mass is 9.84. The average Bonchev–Trinajstić information content (AvgIpc) is 2.52. The maximum absolute atomic E-state index is 9.43. The minimum Gasteiger partial charge on any atom is -0.392 e. The number of fused-ring (bicyclic) bond motifs is 1. The van der Waals surface area contributed by atoms with Crippen molar-refractivity contribution in [3.05, 3.63) is 23.3 Å². The van der Waals surface area contributed by atoms with Crippen molar-refractivity contribution >= 4 is 0 Å². The lowest BCUT2D eigenvalue weighted by Crippen LogP contribution is -2.13. The van der Waals surface area contributed by atoms with E-state index in [-0.39, 0.29) is 13.2 Å². The zero-order chi connectivity index (χ0) is 12.6. The first kappa shape index (κ1) is 12.8. The summed E-state index contributed by atoms with van der Waals surface area (Å²) in [7, 11) is 0. The number of aliphatic hydroxyl groups excluding tert-OH is 2. The molecule has 0 aromatic heterocycles. The molecule has 2 aliphatic rings. The Morgan fingerprint density at radius 1 is 1.12 bits per heavy atom. The van der Waals surface area contributed by atoms with Gasteiger partial charge in [-0.2, -0.15) is 0 Å². The molecule has 17 heavy (non-hydrogen) atoms. The van der Waals surface area contributed by atoms with Gasteiger partial charge in [-0.1, -0.05) is 32.9 Å². The van der Waals surface area contributed by atoms with Crippen molar-refractivity contribution in [2.24, 2.45) is 23.2 Å². The van der Waals surface area contributed by atoms with Gasteiger partial charge in [0.1, 0.15) is 0 Å². The molecule has 2 heteroatoms. The predicted octanol–water partition coefficient (Wildman–Crippen LogP) is 2.53. The molecule has 3 atom stereocenters. The second-order valence-electron chi connectivity index (χ2n) is 6.46. The van der Waals surface area contributed by atoms with Gasteiger partial charge in [-0.15, -0.1) is 0 Å². The fourth-order valence-corrected chi connectivity index (χ4v) is 3.64. The highest BCUT2D eigenvalue weighted by Crippen LogP contribution is 2.50. The second kappa shape index (κ2) is 4.58. The van der Waals surface area contributed by atoms with Crippen molar-refractivity contribution in [3.63, 3.8) is 0 Å². The first-order valence-electron chi connectivity index (χ1n) is 6.60. The van der Waals surface area contributed by atoms with Crippen molar-refractivity contribution in [1.29, 1.82) is 0 Å². The fourth-order valence-electron chi connectivity index (χ4n) is 3.64. The van der Waals surface area contributed by atoms with E-state index >= 15 is 0 Å². The van der Waals surface area contributed by atoms with Crippen LogP contribution in [0.2, 0.25) is 0 Å². The molecule has 1 fully saturated rings. The van der Waals surface area contributed by atoms with Crippen LogP contribution in [0.4, 0.5) is 0 Å². The van der Waals surface area contributed by atoms with Crippen LogP contribution in [-0.2, 0) is 0 Å². The van der Waals surface area contributed by atoms with E-state index in [4.69, 9.17) is 0 Å². The third-order valence-corrected chi connectivity index (χ3v) is 4.43. The summed E-state index contributed by atoms with van der Waals surface area (Å²) >= 11 is 0. The molecular weight excluding hydrogens is 212 g/mol. The van der Waals surface area contributed by atoms with Gasteiger partial charge in [0, 0.05) is 0 Å². The minimum atomic E-state index is 0.0412. The Morgan fingerprint density at radius 3 is 2.29 bits per heavy atom. The van der Waals surface area contributed by atoms with E-state index in [0.29, 0.717) is 23.2 Å². The second-order valence-corrected chi connectivity index (χ2v) is 6.46. The van der Waals surface area contributed by atoms with Crippen LogP contribution in [0.1, 0.15) is 33.6 Å². The Hall–Kier alpha value is -0.600. The largest absolute Gasteiger partial charge is 0.392 e. The number of allylic oxidation sites excluding steroid dienone is 2. The summed E-state index contributed by atoms with van der Waals surface area (Å²) in [6.45, 7) is 6.99. The van der Waals surface area contributed by atoms with Gasteiger partial charge in [-0.25, -0.2) is 0 Å². The standard InChI is InChI=1S/C15H24O2/c1-10-4-12(8-16)13(9-17)5-11-6-15(2,3)7-14(10)11/h4-5,10-11,14,16-17H,6-9H2,1-3H3. The van der Waals surface area contributed by atoms with E-state index in [2.05, 4.69) is 32.9 Å². The summed E-state index contributed by atoms with van der Waals surface area (Å²) in [4.78, 5) is 0. The third kappa shape index (κ3) is 2.48. The maximum Gasteiger partial charge on any atom is 0.0682 e. The number of rotatable bonds is 2. The zero-order valence-corrected chi connectivity index (χ0v) is 11.1. The van der Waals surface area contributed by atoms with Gasteiger partial charge in [-0.3, -0.25) is 0 Å². The van der Waals surface area contributed by atoms with Crippen LogP contribution in [-0.4, -0.2) is 23.4 Å². The van der Waals surface area contributed by atoms with E-state index < -0.39 is 0 Å². The summed E-state index contributed by atoms with van der Waals surface area (Å²) in [5, 5.41) is 18.8. The van der Waals surface area contributed by atoms with Gasteiger partial charge in [0.15, 0.2) is 0 Å². The lowest BCUT2D eigenvalue weighted by Gasteiger charge is -2.20. The molecule has 0 bridgehead atoms. The predicted molar refractivity (Wildman–Crippen MR) is 69.5 cm³/mol. The molecule has 0 spiro atoms. The topological polar surface area (TPSA) is 40.5 Å². The first-order valence-corrected chi connectivity index (χ1v) is 6.60. The Labute approximate surface area is 104 Å². The number of aliphatic hydroxyl groups is 2.